The van der Waals surface area contributed by atoms with Gasteiger partial charge in [0, 0.05) is 20.1 Å². The van der Waals surface area contributed by atoms with Gasteiger partial charge >= 0.3 is 5.97 Å². The molecule has 2 N–H and O–H groups in total. The lowest BCUT2D eigenvalue weighted by Crippen LogP contribution is -2.52. The Morgan fingerprint density at radius 2 is 2.07 bits per heavy atom. The topological polar surface area (TPSA) is 105 Å². The van der Waals surface area contributed by atoms with Crippen LogP contribution in [0, 0.1) is 12.8 Å². The standard InChI is InChI=1S/C19H26N2O6/c1-12-5-6-15(27-4)14(7-12)21-10-13(8-16(21)22)18(25)20-19(2,11-26-3)9-17(23)24/h5-7,13H,8-11H2,1-4H3,(H,20,25)(H,23,24). The number of methoxy groups -OCH3 is 2. The molecule has 1 aromatic carbocycles. The second-order valence-corrected chi connectivity index (χ2v) is 7.13. The number of rotatable bonds is 8. The second kappa shape index (κ2) is 8.39. The largest absolute Gasteiger partial charge is 0.495 e. The molecule has 148 valence electrons. The summed E-state index contributed by atoms with van der Waals surface area (Å²) in [7, 11) is 2.97. The van der Waals surface area contributed by atoms with Crippen molar-refractivity contribution < 1.29 is 29.0 Å². The molecule has 27 heavy (non-hydrogen) atoms. The predicted octanol–water partition coefficient (Wildman–Crippen LogP) is 1.35. The highest BCUT2D eigenvalue weighted by molar-refractivity contribution is 6.01. The van der Waals surface area contributed by atoms with E-state index in [9.17, 15) is 14.4 Å². The highest BCUT2D eigenvalue weighted by atomic mass is 16.5. The predicted molar refractivity (Wildman–Crippen MR) is 98.9 cm³/mol. The van der Waals surface area contributed by atoms with Gasteiger partial charge in [0.25, 0.3) is 0 Å². The van der Waals surface area contributed by atoms with Crippen LogP contribution in [0.2, 0.25) is 0 Å². The first-order valence-electron chi connectivity index (χ1n) is 8.67. The number of carbonyl (C=O) groups excluding carboxylic acids is 2. The summed E-state index contributed by atoms with van der Waals surface area (Å²) in [5, 5.41) is 11.8. The van der Waals surface area contributed by atoms with Crippen molar-refractivity contribution >= 4 is 23.5 Å². The molecule has 0 aliphatic carbocycles. The van der Waals surface area contributed by atoms with Gasteiger partial charge in [-0.15, -0.1) is 0 Å². The maximum absolute atomic E-state index is 12.7. The molecule has 1 aliphatic heterocycles. The summed E-state index contributed by atoms with van der Waals surface area (Å²) < 4.78 is 10.4. The van der Waals surface area contributed by atoms with Crippen molar-refractivity contribution in [2.45, 2.75) is 32.2 Å². The van der Waals surface area contributed by atoms with Crippen molar-refractivity contribution in [1.29, 1.82) is 0 Å². The Labute approximate surface area is 158 Å². The van der Waals surface area contributed by atoms with Crippen molar-refractivity contribution in [1.82, 2.24) is 5.32 Å². The van der Waals surface area contributed by atoms with Crippen LogP contribution in [0.5, 0.6) is 5.75 Å². The molecular weight excluding hydrogens is 352 g/mol. The van der Waals surface area contributed by atoms with Crippen molar-refractivity contribution in [2.24, 2.45) is 5.92 Å². The highest BCUT2D eigenvalue weighted by Crippen LogP contribution is 2.34. The van der Waals surface area contributed by atoms with Gasteiger partial charge in [-0.1, -0.05) is 6.07 Å². The maximum atomic E-state index is 12.7. The molecule has 8 heteroatoms. The molecule has 2 atom stereocenters. The summed E-state index contributed by atoms with van der Waals surface area (Å²) in [6.07, 6.45) is -0.221. The Morgan fingerprint density at radius 3 is 2.67 bits per heavy atom. The van der Waals surface area contributed by atoms with E-state index in [1.54, 1.807) is 17.9 Å². The van der Waals surface area contributed by atoms with E-state index in [1.807, 2.05) is 19.1 Å². The van der Waals surface area contributed by atoms with E-state index in [0.717, 1.165) is 5.56 Å². The maximum Gasteiger partial charge on any atom is 0.305 e. The van der Waals surface area contributed by atoms with Crippen molar-refractivity contribution in [3.63, 3.8) is 0 Å². The number of aliphatic carboxylic acids is 1. The van der Waals surface area contributed by atoms with E-state index in [2.05, 4.69) is 5.32 Å². The number of hydrogen-bond acceptors (Lipinski definition) is 5. The summed E-state index contributed by atoms with van der Waals surface area (Å²) in [6, 6.07) is 5.51. The number of amides is 2. The van der Waals surface area contributed by atoms with Gasteiger partial charge in [-0.25, -0.2) is 0 Å². The summed E-state index contributed by atoms with van der Waals surface area (Å²) in [5.41, 5.74) is 0.554. The van der Waals surface area contributed by atoms with Gasteiger partial charge in [-0.05, 0) is 31.5 Å². The number of anilines is 1. The molecule has 2 unspecified atom stereocenters. The van der Waals surface area contributed by atoms with Gasteiger partial charge in [0.15, 0.2) is 0 Å². The zero-order chi connectivity index (χ0) is 20.2. The minimum atomic E-state index is -1.05. The van der Waals surface area contributed by atoms with Gasteiger partial charge < -0.3 is 24.8 Å². The van der Waals surface area contributed by atoms with Crippen LogP contribution in [0.15, 0.2) is 18.2 Å². The molecule has 0 bridgehead atoms. The molecule has 0 saturated carbocycles. The monoisotopic (exact) mass is 378 g/mol. The van der Waals surface area contributed by atoms with Crippen LogP contribution < -0.4 is 15.0 Å². The van der Waals surface area contributed by atoms with Crippen LogP contribution in [-0.4, -0.2) is 55.8 Å². The SMILES string of the molecule is COCC(C)(CC(=O)O)NC(=O)C1CC(=O)N(c2cc(C)ccc2OC)C1. The van der Waals surface area contributed by atoms with Gasteiger partial charge in [0.1, 0.15) is 5.75 Å². The van der Waals surface area contributed by atoms with Crippen LogP contribution >= 0.6 is 0 Å². The summed E-state index contributed by atoms with van der Waals surface area (Å²) in [6.45, 7) is 3.79. The Kier molecular flexibility index (Phi) is 6.43. The fourth-order valence-corrected chi connectivity index (χ4v) is 3.31. The molecule has 2 amide bonds. The van der Waals surface area contributed by atoms with Crippen LogP contribution in [0.4, 0.5) is 5.69 Å². The lowest BCUT2D eigenvalue weighted by atomic mass is 9.97. The average Bonchev–Trinajstić information content (AvgIpc) is 2.95. The molecule has 1 fully saturated rings. The number of aryl methyl sites for hydroxylation is 1. The quantitative estimate of drug-likeness (QED) is 0.708. The fraction of sp³-hybridized carbons (Fsp3) is 0.526. The van der Waals surface area contributed by atoms with Gasteiger partial charge in [0.05, 0.1) is 37.3 Å². The number of carboxylic acid groups (broad SMARTS) is 1. The first-order valence-corrected chi connectivity index (χ1v) is 8.67. The van der Waals surface area contributed by atoms with Crippen LogP contribution in [0.3, 0.4) is 0 Å². The van der Waals surface area contributed by atoms with Crippen LogP contribution in [-0.2, 0) is 19.1 Å². The molecule has 1 saturated heterocycles. The molecule has 1 aromatic rings. The first-order chi connectivity index (χ1) is 12.7. The molecule has 0 radical (unpaired) electrons. The Balaban J connectivity index is 2.15. The van der Waals surface area contributed by atoms with E-state index in [1.165, 1.54) is 14.2 Å². The molecule has 2 rings (SSSR count). The van der Waals surface area contributed by atoms with Gasteiger partial charge in [-0.3, -0.25) is 14.4 Å². The number of hydrogen-bond donors (Lipinski definition) is 2. The third-order valence-electron chi connectivity index (χ3n) is 4.55. The van der Waals surface area contributed by atoms with Crippen molar-refractivity contribution in [3.8, 4) is 5.75 Å². The lowest BCUT2D eigenvalue weighted by Gasteiger charge is -2.29. The third kappa shape index (κ3) is 4.97. The molecule has 0 aromatic heterocycles. The second-order valence-electron chi connectivity index (χ2n) is 7.13. The molecule has 0 spiro atoms. The van der Waals surface area contributed by atoms with E-state index >= 15 is 0 Å². The Hall–Kier alpha value is -2.61. The number of ether oxygens (including phenoxy) is 2. The number of carbonyl (C=O) groups is 3. The third-order valence-corrected chi connectivity index (χ3v) is 4.55. The van der Waals surface area contributed by atoms with Gasteiger partial charge in [-0.2, -0.15) is 0 Å². The molecule has 1 aliphatic rings. The van der Waals surface area contributed by atoms with Crippen molar-refractivity contribution in [2.75, 3.05) is 32.3 Å². The molecular formula is C19H26N2O6. The highest BCUT2D eigenvalue weighted by Gasteiger charge is 2.39. The smallest absolute Gasteiger partial charge is 0.305 e. The number of nitrogens with one attached hydrogen (secondary N) is 1. The first kappa shape index (κ1) is 20.7. The van der Waals surface area contributed by atoms with Crippen molar-refractivity contribution in [3.05, 3.63) is 23.8 Å². The van der Waals surface area contributed by atoms with E-state index in [4.69, 9.17) is 14.6 Å². The van der Waals surface area contributed by atoms with E-state index in [0.29, 0.717) is 11.4 Å². The Morgan fingerprint density at radius 1 is 1.37 bits per heavy atom. The van der Waals surface area contributed by atoms with E-state index < -0.39 is 17.4 Å². The number of benzene rings is 1. The molecule has 8 nitrogen and oxygen atoms in total. The summed E-state index contributed by atoms with van der Waals surface area (Å²) in [4.78, 5) is 37.8. The van der Waals surface area contributed by atoms with E-state index in [-0.39, 0.29) is 37.8 Å². The van der Waals surface area contributed by atoms with Crippen LogP contribution in [0.25, 0.3) is 0 Å². The minimum absolute atomic E-state index is 0.0546. The zero-order valence-corrected chi connectivity index (χ0v) is 16.1. The average molecular weight is 378 g/mol. The minimum Gasteiger partial charge on any atom is -0.495 e. The van der Waals surface area contributed by atoms with Crippen LogP contribution in [0.1, 0.15) is 25.3 Å². The molecule has 1 heterocycles. The normalized spacial score (nSPS) is 18.9. The lowest BCUT2D eigenvalue weighted by molar-refractivity contribution is -0.140. The summed E-state index contributed by atoms with van der Waals surface area (Å²) in [5.74, 6) is -1.59. The van der Waals surface area contributed by atoms with Gasteiger partial charge in [0.2, 0.25) is 11.8 Å². The number of nitrogens with zero attached hydrogens (tertiary/aromatic N) is 1. The zero-order valence-electron chi connectivity index (χ0n) is 16.1. The fourth-order valence-electron chi connectivity index (χ4n) is 3.31. The Bertz CT molecular complexity index is 735. The summed E-state index contributed by atoms with van der Waals surface area (Å²) >= 11 is 0. The number of carboxylic acids is 1.